The Hall–Kier alpha value is 0.340. The third-order valence-electron chi connectivity index (χ3n) is 3.26. The summed E-state index contributed by atoms with van der Waals surface area (Å²) in [5, 5.41) is 0.934. The number of hydrogen-bond acceptors (Lipinski definition) is 11. The molecule has 0 aliphatic rings. The second-order valence-electron chi connectivity index (χ2n) is 6.65. The number of methoxy groups -OCH3 is 5. The van der Waals surface area contributed by atoms with Gasteiger partial charge in [-0.25, -0.2) is 0 Å². The maximum atomic E-state index is 11.5. The van der Waals surface area contributed by atoms with Gasteiger partial charge in [0.05, 0.1) is 57.4 Å². The first-order valence-corrected chi connectivity index (χ1v) is 17.7. The Kier molecular flexibility index (Phi) is 41.0. The van der Waals surface area contributed by atoms with Crippen LogP contribution in [0.1, 0.15) is 5.56 Å². The van der Waals surface area contributed by atoms with Crippen LogP contribution in [0.3, 0.4) is 0 Å². The van der Waals surface area contributed by atoms with Gasteiger partial charge >= 0.3 is 0 Å². The normalized spacial score (nSPS) is 10.4. The van der Waals surface area contributed by atoms with Crippen LogP contribution in [0.2, 0.25) is 0 Å². The van der Waals surface area contributed by atoms with Crippen LogP contribution in [-0.4, -0.2) is 121 Å². The summed E-state index contributed by atoms with van der Waals surface area (Å²) in [5.41, 5.74) is 1.01. The molecular weight excluding hydrogens is 759 g/mol. The van der Waals surface area contributed by atoms with E-state index in [0.29, 0.717) is 19.1 Å². The maximum absolute atomic E-state index is 11.5. The second kappa shape index (κ2) is 34.5. The Morgan fingerprint density at radius 1 is 0.718 bits per heavy atom. The van der Waals surface area contributed by atoms with E-state index in [9.17, 15) is 16.8 Å². The van der Waals surface area contributed by atoms with Crippen molar-refractivity contribution in [2.75, 3.05) is 104 Å². The lowest BCUT2D eigenvalue weighted by atomic mass is 10.2. The van der Waals surface area contributed by atoms with Crippen molar-refractivity contribution < 1.29 is 48.9 Å². The van der Waals surface area contributed by atoms with Crippen LogP contribution >= 0.6 is 50.1 Å². The van der Waals surface area contributed by atoms with E-state index in [1.807, 2.05) is 6.92 Å². The molecule has 11 nitrogen and oxygen atoms in total. The number of ether oxygens (including phenoxy) is 5. The SMILES string of the molecule is COCCBr.COCCCl.COCCI.COCCOS(=O)(=O)c1ccc(C)cc1.COCCOS(C)(=O)=O. The summed E-state index contributed by atoms with van der Waals surface area (Å²) in [6.45, 7) is 4.91. The second-order valence-corrected chi connectivity index (χ2v) is 12.2. The van der Waals surface area contributed by atoms with E-state index >= 15 is 0 Å². The lowest BCUT2D eigenvalue weighted by Gasteiger charge is -2.04. The molecule has 0 saturated carbocycles. The van der Waals surface area contributed by atoms with Crippen LogP contribution in [0.4, 0.5) is 0 Å². The van der Waals surface area contributed by atoms with Gasteiger partial charge in [0.2, 0.25) is 0 Å². The molecule has 0 saturated heterocycles. The molecule has 0 unspecified atom stereocenters. The standard InChI is InChI=1S/C10H14O4S.C4H10O4S.C3H7BrO.C3H7ClO.C3H7IO/c1-9-3-5-10(6-4-9)15(11,12)14-8-7-13-2;1-7-3-4-8-9(2,5)6;3*1-5-3-2-4/h3-6H,7-8H2,1-2H3;3-4H2,1-2H3;3*2-3H2,1H3. The average molecular weight is 804 g/mol. The number of benzene rings is 1. The maximum Gasteiger partial charge on any atom is 0.297 e. The fraction of sp³-hybridized carbons (Fsp3) is 0.739. The topological polar surface area (TPSA) is 133 Å². The van der Waals surface area contributed by atoms with Crippen LogP contribution < -0.4 is 0 Å². The average Bonchev–Trinajstić information content (AvgIpc) is 2.87. The molecule has 236 valence electrons. The Balaban J connectivity index is -0.000000218. The fourth-order valence-electron chi connectivity index (χ4n) is 1.50. The molecule has 0 aliphatic carbocycles. The first kappa shape index (κ1) is 46.3. The van der Waals surface area contributed by atoms with Crippen LogP contribution in [0.15, 0.2) is 29.2 Å². The van der Waals surface area contributed by atoms with Crippen molar-refractivity contribution in [2.24, 2.45) is 0 Å². The summed E-state index contributed by atoms with van der Waals surface area (Å²) >= 11 is 10.6. The molecule has 16 heteroatoms. The number of rotatable bonds is 15. The van der Waals surface area contributed by atoms with E-state index in [0.717, 1.165) is 34.8 Å². The van der Waals surface area contributed by atoms with Crippen molar-refractivity contribution >= 4 is 70.4 Å². The van der Waals surface area contributed by atoms with E-state index in [1.54, 1.807) is 33.5 Å². The van der Waals surface area contributed by atoms with E-state index in [1.165, 1.54) is 26.4 Å². The van der Waals surface area contributed by atoms with E-state index < -0.39 is 20.2 Å². The van der Waals surface area contributed by atoms with E-state index in [4.69, 9.17) is 20.5 Å². The van der Waals surface area contributed by atoms with Gasteiger partial charge in [-0.05, 0) is 19.1 Å². The third-order valence-corrected chi connectivity index (χ3v) is 6.10. The van der Waals surface area contributed by atoms with Gasteiger partial charge in [-0.3, -0.25) is 8.37 Å². The molecule has 1 aromatic carbocycles. The van der Waals surface area contributed by atoms with Gasteiger partial charge in [0.15, 0.2) is 0 Å². The highest BCUT2D eigenvalue weighted by molar-refractivity contribution is 14.1. The molecule has 0 aromatic heterocycles. The molecule has 1 rings (SSSR count). The van der Waals surface area contributed by atoms with Crippen molar-refractivity contribution in [3.8, 4) is 0 Å². The molecular formula is C23H45BrClIO11S2. The zero-order chi connectivity index (χ0) is 31.0. The molecule has 0 aliphatic heterocycles. The van der Waals surface area contributed by atoms with Crippen LogP contribution in [-0.2, 0) is 52.3 Å². The molecule has 0 atom stereocenters. The van der Waals surface area contributed by atoms with Crippen molar-refractivity contribution in [3.05, 3.63) is 29.8 Å². The number of hydrogen-bond donors (Lipinski definition) is 0. The summed E-state index contributed by atoms with van der Waals surface area (Å²) in [5.74, 6) is 0.594. The molecule has 0 heterocycles. The molecule has 39 heavy (non-hydrogen) atoms. The highest BCUT2D eigenvalue weighted by atomic mass is 127. The zero-order valence-electron chi connectivity index (χ0n) is 23.8. The van der Waals surface area contributed by atoms with Crippen LogP contribution in [0.25, 0.3) is 0 Å². The quantitative estimate of drug-likeness (QED) is 0.111. The van der Waals surface area contributed by atoms with Gasteiger partial charge < -0.3 is 23.7 Å². The minimum Gasteiger partial charge on any atom is -0.384 e. The molecule has 0 fully saturated rings. The summed E-state index contributed by atoms with van der Waals surface area (Å²) < 4.78 is 76.8. The lowest BCUT2D eigenvalue weighted by Crippen LogP contribution is -2.10. The van der Waals surface area contributed by atoms with Crippen molar-refractivity contribution in [2.45, 2.75) is 11.8 Å². The summed E-state index contributed by atoms with van der Waals surface area (Å²) in [7, 11) is 1.08. The van der Waals surface area contributed by atoms with Gasteiger partial charge in [0, 0.05) is 51.2 Å². The first-order chi connectivity index (χ1) is 18.4. The molecule has 1 aromatic rings. The van der Waals surface area contributed by atoms with Crippen LogP contribution in [0.5, 0.6) is 0 Å². The van der Waals surface area contributed by atoms with Gasteiger partial charge in [0.25, 0.3) is 20.2 Å². The number of aryl methyl sites for hydroxylation is 1. The first-order valence-electron chi connectivity index (χ1n) is 11.3. The number of halogens is 3. The highest BCUT2D eigenvalue weighted by Crippen LogP contribution is 2.12. The predicted molar refractivity (Wildman–Crippen MR) is 168 cm³/mol. The summed E-state index contributed by atoms with van der Waals surface area (Å²) in [6.07, 6.45) is 1.00. The van der Waals surface area contributed by atoms with E-state index in [-0.39, 0.29) is 24.7 Å². The summed E-state index contributed by atoms with van der Waals surface area (Å²) in [6, 6.07) is 6.51. The number of alkyl halides is 3. The monoisotopic (exact) mass is 802 g/mol. The minimum absolute atomic E-state index is 0.0344. The zero-order valence-corrected chi connectivity index (χ0v) is 30.0. The molecule has 0 spiro atoms. The third kappa shape index (κ3) is 42.9. The van der Waals surface area contributed by atoms with Gasteiger partial charge in [-0.15, -0.1) is 11.6 Å². The van der Waals surface area contributed by atoms with Gasteiger partial charge in [-0.1, -0.05) is 56.2 Å². The lowest BCUT2D eigenvalue weighted by molar-refractivity contribution is 0.149. The highest BCUT2D eigenvalue weighted by Gasteiger charge is 2.13. The Labute approximate surface area is 263 Å². The van der Waals surface area contributed by atoms with Crippen molar-refractivity contribution in [3.63, 3.8) is 0 Å². The Morgan fingerprint density at radius 2 is 1.15 bits per heavy atom. The summed E-state index contributed by atoms with van der Waals surface area (Å²) in [4.78, 5) is 0.171. The smallest absolute Gasteiger partial charge is 0.297 e. The van der Waals surface area contributed by atoms with Crippen molar-refractivity contribution in [1.82, 2.24) is 0 Å². The molecule has 0 radical (unpaired) electrons. The molecule has 0 N–H and O–H groups in total. The molecule has 0 bridgehead atoms. The van der Waals surface area contributed by atoms with Gasteiger partial charge in [-0.2, -0.15) is 16.8 Å². The Bertz CT molecular complexity index is 796. The Morgan fingerprint density at radius 3 is 1.41 bits per heavy atom. The fourth-order valence-corrected chi connectivity index (χ4v) is 3.68. The van der Waals surface area contributed by atoms with Crippen LogP contribution in [0, 0.1) is 6.92 Å². The molecule has 0 amide bonds. The van der Waals surface area contributed by atoms with E-state index in [2.05, 4.69) is 61.7 Å². The predicted octanol–water partition coefficient (Wildman–Crippen LogP) is 3.92. The largest absolute Gasteiger partial charge is 0.384 e. The van der Waals surface area contributed by atoms with Gasteiger partial charge in [0.1, 0.15) is 0 Å². The van der Waals surface area contributed by atoms with Crippen molar-refractivity contribution in [1.29, 1.82) is 0 Å². The minimum atomic E-state index is -3.63.